The second-order valence-electron chi connectivity index (χ2n) is 4.54. The van der Waals surface area contributed by atoms with Crippen LogP contribution in [0.5, 0.6) is 0 Å². The number of nitro benzene ring substituents is 1. The second kappa shape index (κ2) is 6.63. The summed E-state index contributed by atoms with van der Waals surface area (Å²) in [6, 6.07) is 5.89. The van der Waals surface area contributed by atoms with Crippen molar-refractivity contribution >= 4 is 17.3 Å². The average Bonchev–Trinajstić information content (AvgIpc) is 2.36. The van der Waals surface area contributed by atoms with Gasteiger partial charge in [0.05, 0.1) is 11.3 Å². The van der Waals surface area contributed by atoms with E-state index < -0.39 is 4.92 Å². The first-order valence-corrected chi connectivity index (χ1v) is 5.96. The van der Waals surface area contributed by atoms with Crippen LogP contribution < -0.4 is 5.43 Å². The zero-order valence-electron chi connectivity index (χ0n) is 11.2. The average molecular weight is 263 g/mol. The second-order valence-corrected chi connectivity index (χ2v) is 4.54. The first-order valence-electron chi connectivity index (χ1n) is 5.96. The molecule has 0 radical (unpaired) electrons. The minimum absolute atomic E-state index is 0.0119. The molecule has 0 saturated heterocycles. The fraction of sp³-hybridized carbons (Fsp3) is 0.385. The molecule has 0 aliphatic rings. The van der Waals surface area contributed by atoms with Crippen molar-refractivity contribution in [2.75, 3.05) is 0 Å². The van der Waals surface area contributed by atoms with Crippen molar-refractivity contribution in [2.45, 2.75) is 27.2 Å². The van der Waals surface area contributed by atoms with Crippen LogP contribution in [0.15, 0.2) is 29.4 Å². The highest BCUT2D eigenvalue weighted by atomic mass is 16.6. The molecule has 102 valence electrons. The largest absolute Gasteiger partial charge is 0.273 e. The number of rotatable bonds is 5. The molecule has 0 spiro atoms. The number of benzene rings is 1. The van der Waals surface area contributed by atoms with Crippen molar-refractivity contribution < 1.29 is 9.72 Å². The number of nitrogens with zero attached hydrogens (tertiary/aromatic N) is 2. The minimum Gasteiger partial charge on any atom is -0.273 e. The minimum atomic E-state index is -0.472. The standard InChI is InChI=1S/C13H17N3O3/c1-9(2)10(3)14-15-13(17)8-11-4-6-12(7-5-11)16(18)19/h4-7,9H,8H2,1-3H3,(H,15,17)/b14-10+. The van der Waals surface area contributed by atoms with Gasteiger partial charge in [-0.25, -0.2) is 5.43 Å². The van der Waals surface area contributed by atoms with E-state index in [0.717, 1.165) is 5.71 Å². The SMILES string of the molecule is C/C(=N\NC(=O)Cc1ccc([N+](=O)[O-])cc1)C(C)C. The molecule has 0 unspecified atom stereocenters. The molecule has 1 amide bonds. The number of non-ortho nitro benzene ring substituents is 1. The summed E-state index contributed by atoms with van der Waals surface area (Å²) in [6.07, 6.45) is 0.146. The first-order chi connectivity index (χ1) is 8.90. The van der Waals surface area contributed by atoms with E-state index in [0.29, 0.717) is 5.56 Å². The van der Waals surface area contributed by atoms with Crippen molar-refractivity contribution in [3.05, 3.63) is 39.9 Å². The molecule has 0 aliphatic carbocycles. The molecule has 0 atom stereocenters. The van der Waals surface area contributed by atoms with Crippen LogP contribution in [0.2, 0.25) is 0 Å². The highest BCUT2D eigenvalue weighted by Crippen LogP contribution is 2.12. The molecular formula is C13H17N3O3. The van der Waals surface area contributed by atoms with Gasteiger partial charge in [0.25, 0.3) is 5.69 Å². The fourth-order valence-electron chi connectivity index (χ4n) is 1.24. The lowest BCUT2D eigenvalue weighted by Gasteiger charge is -2.05. The van der Waals surface area contributed by atoms with Crippen LogP contribution in [0.25, 0.3) is 0 Å². The van der Waals surface area contributed by atoms with Crippen molar-refractivity contribution in [1.29, 1.82) is 0 Å². The van der Waals surface area contributed by atoms with Gasteiger partial charge in [0, 0.05) is 17.8 Å². The quantitative estimate of drug-likeness (QED) is 0.502. The Hall–Kier alpha value is -2.24. The summed E-state index contributed by atoms with van der Waals surface area (Å²) in [5, 5.41) is 14.5. The molecule has 0 aliphatic heterocycles. The van der Waals surface area contributed by atoms with Gasteiger partial charge >= 0.3 is 0 Å². The summed E-state index contributed by atoms with van der Waals surface area (Å²) in [5.41, 5.74) is 4.03. The Balaban J connectivity index is 2.58. The number of hydrogen-bond donors (Lipinski definition) is 1. The number of hydrazone groups is 1. The van der Waals surface area contributed by atoms with Crippen LogP contribution in [0.4, 0.5) is 5.69 Å². The number of nitro groups is 1. The molecule has 19 heavy (non-hydrogen) atoms. The summed E-state index contributed by atoms with van der Waals surface area (Å²) in [5.74, 6) is 0.0357. The third-order valence-corrected chi connectivity index (χ3v) is 2.70. The zero-order chi connectivity index (χ0) is 14.4. The number of hydrogen-bond acceptors (Lipinski definition) is 4. The smallest absolute Gasteiger partial charge is 0.269 e. The van der Waals surface area contributed by atoms with Gasteiger partial charge < -0.3 is 0 Å². The van der Waals surface area contributed by atoms with Crippen LogP contribution in [-0.4, -0.2) is 16.5 Å². The van der Waals surface area contributed by atoms with Crippen molar-refractivity contribution in [3.8, 4) is 0 Å². The fourth-order valence-corrected chi connectivity index (χ4v) is 1.24. The van der Waals surface area contributed by atoms with Gasteiger partial charge in [0.1, 0.15) is 0 Å². The lowest BCUT2D eigenvalue weighted by Crippen LogP contribution is -2.22. The number of carbonyl (C=O) groups is 1. The Morgan fingerprint density at radius 2 is 1.95 bits per heavy atom. The van der Waals surface area contributed by atoms with E-state index in [2.05, 4.69) is 10.5 Å². The number of carbonyl (C=O) groups excluding carboxylic acids is 1. The summed E-state index contributed by atoms with van der Waals surface area (Å²) in [6.45, 7) is 5.82. The third-order valence-electron chi connectivity index (χ3n) is 2.70. The lowest BCUT2D eigenvalue weighted by molar-refractivity contribution is -0.384. The van der Waals surface area contributed by atoms with E-state index >= 15 is 0 Å². The third kappa shape index (κ3) is 4.87. The maximum absolute atomic E-state index is 11.6. The van der Waals surface area contributed by atoms with E-state index in [4.69, 9.17) is 0 Å². The Labute approximate surface area is 111 Å². The molecular weight excluding hydrogens is 246 g/mol. The molecule has 1 aromatic rings. The van der Waals surface area contributed by atoms with Gasteiger partial charge in [-0.1, -0.05) is 26.0 Å². The maximum atomic E-state index is 11.6. The summed E-state index contributed by atoms with van der Waals surface area (Å²) in [7, 11) is 0. The van der Waals surface area contributed by atoms with Gasteiger partial charge in [0.2, 0.25) is 5.91 Å². The lowest BCUT2D eigenvalue weighted by atomic mass is 10.1. The molecule has 1 aromatic carbocycles. The molecule has 6 heteroatoms. The van der Waals surface area contributed by atoms with Crippen LogP contribution in [0.1, 0.15) is 26.3 Å². The zero-order valence-corrected chi connectivity index (χ0v) is 11.2. The molecule has 6 nitrogen and oxygen atoms in total. The van der Waals surface area contributed by atoms with E-state index in [1.165, 1.54) is 12.1 Å². The van der Waals surface area contributed by atoms with E-state index in [9.17, 15) is 14.9 Å². The Kier molecular flexibility index (Phi) is 5.17. The summed E-state index contributed by atoms with van der Waals surface area (Å²) in [4.78, 5) is 21.6. The van der Waals surface area contributed by atoms with Crippen molar-refractivity contribution in [1.82, 2.24) is 5.43 Å². The topological polar surface area (TPSA) is 84.6 Å². The van der Waals surface area contributed by atoms with Gasteiger partial charge in [-0.2, -0.15) is 5.10 Å². The number of nitrogens with one attached hydrogen (secondary N) is 1. The van der Waals surface area contributed by atoms with Crippen LogP contribution in [0, 0.1) is 16.0 Å². The van der Waals surface area contributed by atoms with E-state index in [1.54, 1.807) is 12.1 Å². The molecule has 0 heterocycles. The molecule has 0 fully saturated rings. The van der Waals surface area contributed by atoms with Crippen molar-refractivity contribution in [2.24, 2.45) is 11.0 Å². The normalized spacial score (nSPS) is 11.5. The predicted octanol–water partition coefficient (Wildman–Crippen LogP) is 2.29. The molecule has 1 rings (SSSR count). The van der Waals surface area contributed by atoms with Gasteiger partial charge in [0.15, 0.2) is 0 Å². The van der Waals surface area contributed by atoms with E-state index in [1.807, 2.05) is 20.8 Å². The molecule has 1 N–H and O–H groups in total. The first kappa shape index (κ1) is 14.8. The van der Waals surface area contributed by atoms with Gasteiger partial charge in [-0.05, 0) is 18.4 Å². The Morgan fingerprint density at radius 3 is 2.42 bits per heavy atom. The van der Waals surface area contributed by atoms with Crippen LogP contribution in [-0.2, 0) is 11.2 Å². The van der Waals surface area contributed by atoms with Crippen LogP contribution >= 0.6 is 0 Å². The predicted molar refractivity (Wildman–Crippen MR) is 72.9 cm³/mol. The number of amides is 1. The Morgan fingerprint density at radius 1 is 1.37 bits per heavy atom. The van der Waals surface area contributed by atoms with Crippen molar-refractivity contribution in [3.63, 3.8) is 0 Å². The monoisotopic (exact) mass is 263 g/mol. The molecule has 0 aromatic heterocycles. The Bertz CT molecular complexity index is 492. The van der Waals surface area contributed by atoms with Gasteiger partial charge in [-0.3, -0.25) is 14.9 Å². The molecule has 0 saturated carbocycles. The van der Waals surface area contributed by atoms with E-state index in [-0.39, 0.29) is 23.9 Å². The highest BCUT2D eigenvalue weighted by Gasteiger charge is 2.07. The summed E-state index contributed by atoms with van der Waals surface area (Å²) >= 11 is 0. The highest BCUT2D eigenvalue weighted by molar-refractivity contribution is 5.86. The van der Waals surface area contributed by atoms with Gasteiger partial charge in [-0.15, -0.1) is 0 Å². The van der Waals surface area contributed by atoms with Crippen LogP contribution in [0.3, 0.4) is 0 Å². The maximum Gasteiger partial charge on any atom is 0.269 e. The molecule has 0 bridgehead atoms. The summed E-state index contributed by atoms with van der Waals surface area (Å²) < 4.78 is 0.